The first kappa shape index (κ1) is 12.5. The van der Waals surface area contributed by atoms with Gasteiger partial charge in [-0.25, -0.2) is 0 Å². The highest BCUT2D eigenvalue weighted by molar-refractivity contribution is 9.10. The number of carbonyl (C=O) groups excluding carboxylic acids is 1. The molecule has 0 bridgehead atoms. The highest BCUT2D eigenvalue weighted by atomic mass is 79.9. The van der Waals surface area contributed by atoms with Crippen LogP contribution in [0.15, 0.2) is 27.6 Å². The maximum absolute atomic E-state index is 10.9. The average molecular weight is 291 g/mol. The molecule has 1 N–H and O–H groups in total. The first-order valence-electron chi connectivity index (χ1n) is 4.26. The van der Waals surface area contributed by atoms with Gasteiger partial charge in [-0.05, 0) is 17.7 Å². The number of aliphatic hydroxyl groups is 1. The predicted octanol–water partition coefficient (Wildman–Crippen LogP) is 2.21. The van der Waals surface area contributed by atoms with E-state index in [0.717, 1.165) is 14.9 Å². The topological polar surface area (TPSA) is 46.5 Å². The maximum atomic E-state index is 10.9. The van der Waals surface area contributed by atoms with Gasteiger partial charge < -0.3 is 9.84 Å². The minimum Gasteiger partial charge on any atom is -0.468 e. The van der Waals surface area contributed by atoms with Crippen LogP contribution >= 0.6 is 27.7 Å². The van der Waals surface area contributed by atoms with Gasteiger partial charge in [-0.15, -0.1) is 11.8 Å². The zero-order valence-electron chi connectivity index (χ0n) is 8.20. The Morgan fingerprint density at radius 1 is 1.60 bits per heavy atom. The number of methoxy groups -OCH3 is 1. The minimum atomic E-state index is -0.248. The first-order valence-corrected chi connectivity index (χ1v) is 6.04. The number of hydrogen-bond acceptors (Lipinski definition) is 4. The second kappa shape index (κ2) is 6.15. The average Bonchev–Trinajstić information content (AvgIpc) is 2.26. The molecule has 0 saturated heterocycles. The van der Waals surface area contributed by atoms with Crippen molar-refractivity contribution in [1.29, 1.82) is 0 Å². The fourth-order valence-electron chi connectivity index (χ4n) is 0.947. The van der Waals surface area contributed by atoms with E-state index in [1.165, 1.54) is 18.9 Å². The zero-order chi connectivity index (χ0) is 11.3. The van der Waals surface area contributed by atoms with Crippen LogP contribution in [0.1, 0.15) is 5.56 Å². The lowest BCUT2D eigenvalue weighted by Crippen LogP contribution is -2.02. The second-order valence-electron chi connectivity index (χ2n) is 2.78. The summed E-state index contributed by atoms with van der Waals surface area (Å²) in [5.74, 6) is 0.0452. The van der Waals surface area contributed by atoms with Crippen molar-refractivity contribution in [3.8, 4) is 0 Å². The number of halogens is 1. The normalized spacial score (nSPS) is 10.1. The third-order valence-electron chi connectivity index (χ3n) is 1.78. The highest BCUT2D eigenvalue weighted by Crippen LogP contribution is 2.25. The minimum absolute atomic E-state index is 0.00251. The van der Waals surface area contributed by atoms with Crippen molar-refractivity contribution in [2.75, 3.05) is 12.9 Å². The van der Waals surface area contributed by atoms with Gasteiger partial charge in [-0.1, -0.05) is 22.0 Å². The molecule has 0 aromatic heterocycles. The van der Waals surface area contributed by atoms with Crippen LogP contribution in [0.2, 0.25) is 0 Å². The Kier molecular flexibility index (Phi) is 5.14. The summed E-state index contributed by atoms with van der Waals surface area (Å²) in [6.45, 7) is 0.00251. The van der Waals surface area contributed by atoms with Crippen molar-refractivity contribution in [3.05, 3.63) is 28.2 Å². The Hall–Kier alpha value is -0.520. The first-order chi connectivity index (χ1) is 7.17. The summed E-state index contributed by atoms with van der Waals surface area (Å²) in [5, 5.41) is 8.95. The van der Waals surface area contributed by atoms with Crippen LogP contribution in [0.4, 0.5) is 0 Å². The monoisotopic (exact) mass is 290 g/mol. The molecule has 1 aromatic carbocycles. The van der Waals surface area contributed by atoms with E-state index in [-0.39, 0.29) is 12.6 Å². The van der Waals surface area contributed by atoms with E-state index in [9.17, 15) is 4.79 Å². The molecule has 1 rings (SSSR count). The summed E-state index contributed by atoms with van der Waals surface area (Å²) in [6, 6.07) is 5.56. The Balaban J connectivity index is 2.63. The molecule has 0 unspecified atom stereocenters. The highest BCUT2D eigenvalue weighted by Gasteiger charge is 2.04. The van der Waals surface area contributed by atoms with Gasteiger partial charge in [0.15, 0.2) is 0 Å². The van der Waals surface area contributed by atoms with E-state index >= 15 is 0 Å². The van der Waals surface area contributed by atoms with Crippen LogP contribution in [0.3, 0.4) is 0 Å². The van der Waals surface area contributed by atoms with Gasteiger partial charge in [0.2, 0.25) is 0 Å². The summed E-state index contributed by atoms with van der Waals surface area (Å²) < 4.78 is 5.38. The van der Waals surface area contributed by atoms with Gasteiger partial charge >= 0.3 is 5.97 Å². The van der Waals surface area contributed by atoms with Crippen molar-refractivity contribution in [1.82, 2.24) is 0 Å². The van der Waals surface area contributed by atoms with Crippen molar-refractivity contribution < 1.29 is 14.6 Å². The molecule has 0 aliphatic carbocycles. The number of carbonyl (C=O) groups is 1. The Bertz CT molecular complexity index is 355. The van der Waals surface area contributed by atoms with Crippen molar-refractivity contribution in [2.24, 2.45) is 0 Å². The van der Waals surface area contributed by atoms with E-state index in [1.807, 2.05) is 18.2 Å². The molecule has 1 aromatic rings. The summed E-state index contributed by atoms with van der Waals surface area (Å²) >= 11 is 4.74. The smallest absolute Gasteiger partial charge is 0.315 e. The number of ether oxygens (including phenoxy) is 1. The summed E-state index contributed by atoms with van der Waals surface area (Å²) in [7, 11) is 1.37. The summed E-state index contributed by atoms with van der Waals surface area (Å²) in [5.41, 5.74) is 0.831. The van der Waals surface area contributed by atoms with Crippen molar-refractivity contribution >= 4 is 33.7 Å². The molecule has 0 heterocycles. The molecule has 3 nitrogen and oxygen atoms in total. The number of benzene rings is 1. The molecule has 5 heteroatoms. The van der Waals surface area contributed by atoms with Gasteiger partial charge in [0.1, 0.15) is 0 Å². The molecule has 0 saturated carbocycles. The van der Waals surface area contributed by atoms with Crippen LogP contribution in [0.25, 0.3) is 0 Å². The fourth-order valence-corrected chi connectivity index (χ4v) is 2.37. The number of esters is 1. The summed E-state index contributed by atoms with van der Waals surface area (Å²) in [6.07, 6.45) is 0. The van der Waals surface area contributed by atoms with Gasteiger partial charge in [-0.2, -0.15) is 0 Å². The molecule has 0 atom stereocenters. The van der Waals surface area contributed by atoms with Gasteiger partial charge in [-0.3, -0.25) is 4.79 Å². The van der Waals surface area contributed by atoms with Crippen LogP contribution in [-0.2, 0) is 16.1 Å². The second-order valence-corrected chi connectivity index (χ2v) is 4.68. The molecule has 0 fully saturated rings. The largest absolute Gasteiger partial charge is 0.468 e. The van der Waals surface area contributed by atoms with E-state index in [4.69, 9.17) is 5.11 Å². The number of thioether (sulfide) groups is 1. The molecular formula is C10H11BrO3S. The Morgan fingerprint density at radius 3 is 2.87 bits per heavy atom. The third-order valence-corrected chi connectivity index (χ3v) is 3.48. The lowest BCUT2D eigenvalue weighted by atomic mass is 10.2. The van der Waals surface area contributed by atoms with E-state index in [0.29, 0.717) is 5.75 Å². The van der Waals surface area contributed by atoms with Crippen LogP contribution in [0.5, 0.6) is 0 Å². The maximum Gasteiger partial charge on any atom is 0.315 e. The molecule has 0 aliphatic rings. The van der Waals surface area contributed by atoms with E-state index < -0.39 is 0 Å². The van der Waals surface area contributed by atoms with E-state index in [1.54, 1.807) is 0 Å². The molecule has 0 radical (unpaired) electrons. The molecule has 15 heavy (non-hydrogen) atoms. The summed E-state index contributed by atoms with van der Waals surface area (Å²) in [4.78, 5) is 11.9. The SMILES string of the molecule is COC(=O)CSc1ccc(CO)c(Br)c1. The van der Waals surface area contributed by atoms with Crippen molar-refractivity contribution in [3.63, 3.8) is 0 Å². The fraction of sp³-hybridized carbons (Fsp3) is 0.300. The zero-order valence-corrected chi connectivity index (χ0v) is 10.6. The molecule has 0 spiro atoms. The predicted molar refractivity (Wildman–Crippen MR) is 62.8 cm³/mol. The lowest BCUT2D eigenvalue weighted by Gasteiger charge is -2.04. The Morgan fingerprint density at radius 2 is 2.33 bits per heavy atom. The number of hydrogen-bond donors (Lipinski definition) is 1. The lowest BCUT2D eigenvalue weighted by molar-refractivity contribution is -0.137. The number of aliphatic hydroxyl groups excluding tert-OH is 1. The molecule has 0 amide bonds. The van der Waals surface area contributed by atoms with Crippen molar-refractivity contribution in [2.45, 2.75) is 11.5 Å². The molecule has 82 valence electrons. The van der Waals surface area contributed by atoms with Gasteiger partial charge in [0, 0.05) is 9.37 Å². The van der Waals surface area contributed by atoms with Crippen LogP contribution in [-0.4, -0.2) is 23.9 Å². The standard InChI is InChI=1S/C10H11BrO3S/c1-14-10(13)6-15-8-3-2-7(5-12)9(11)4-8/h2-4,12H,5-6H2,1H3. The van der Waals surface area contributed by atoms with Crippen LogP contribution in [0, 0.1) is 0 Å². The van der Waals surface area contributed by atoms with Gasteiger partial charge in [0.05, 0.1) is 19.5 Å². The van der Waals surface area contributed by atoms with E-state index in [2.05, 4.69) is 20.7 Å². The van der Waals surface area contributed by atoms with Gasteiger partial charge in [0.25, 0.3) is 0 Å². The molecular weight excluding hydrogens is 280 g/mol. The third kappa shape index (κ3) is 3.85. The molecule has 0 aliphatic heterocycles. The Labute approximate surface area is 101 Å². The quantitative estimate of drug-likeness (QED) is 0.682. The van der Waals surface area contributed by atoms with Crippen LogP contribution < -0.4 is 0 Å². The number of rotatable bonds is 4.